The number of benzene rings is 2. The van der Waals surface area contributed by atoms with Gasteiger partial charge < -0.3 is 15.0 Å². The molecule has 2 aromatic carbocycles. The Kier molecular flexibility index (Phi) is 7.99. The average Bonchev–Trinajstić information content (AvgIpc) is 3.22. The first-order valence-electron chi connectivity index (χ1n) is 11.2. The molecule has 0 saturated heterocycles. The summed E-state index contributed by atoms with van der Waals surface area (Å²) in [6, 6.07) is 16.4. The summed E-state index contributed by atoms with van der Waals surface area (Å²) in [4.78, 5) is 27.3. The molecule has 2 amide bonds. The van der Waals surface area contributed by atoms with E-state index in [-0.39, 0.29) is 30.2 Å². The zero-order valence-electron chi connectivity index (χ0n) is 20.3. The molecule has 0 aliphatic heterocycles. The number of carbonyl (C=O) groups is 2. The van der Waals surface area contributed by atoms with Crippen molar-refractivity contribution >= 4 is 29.2 Å². The van der Waals surface area contributed by atoms with Gasteiger partial charge in [0.2, 0.25) is 11.8 Å². The van der Waals surface area contributed by atoms with E-state index in [1.54, 1.807) is 23.9 Å². The number of aromatic nitrogens is 2. The van der Waals surface area contributed by atoms with Crippen molar-refractivity contribution in [3.05, 3.63) is 70.9 Å². The fraction of sp³-hybridized carbons (Fsp3) is 0.346. The topological polar surface area (TPSA) is 76.5 Å². The lowest BCUT2D eigenvalue weighted by Gasteiger charge is -2.20. The second-order valence-electron chi connectivity index (χ2n) is 9.03. The predicted molar refractivity (Wildman–Crippen MR) is 135 cm³/mol. The lowest BCUT2D eigenvalue weighted by molar-refractivity contribution is -0.133. The first kappa shape index (κ1) is 25.3. The molecule has 0 aliphatic rings. The fourth-order valence-corrected chi connectivity index (χ4v) is 3.50. The van der Waals surface area contributed by atoms with Crippen LogP contribution >= 0.6 is 11.6 Å². The van der Waals surface area contributed by atoms with E-state index in [0.717, 1.165) is 22.7 Å². The van der Waals surface area contributed by atoms with Crippen molar-refractivity contribution in [3.63, 3.8) is 0 Å². The number of anilines is 1. The summed E-state index contributed by atoms with van der Waals surface area (Å²) in [7, 11) is 1.60. The summed E-state index contributed by atoms with van der Waals surface area (Å²) in [6.07, 6.45) is 0.210. The van der Waals surface area contributed by atoms with Gasteiger partial charge in [-0.3, -0.25) is 9.59 Å². The lowest BCUT2D eigenvalue weighted by Crippen LogP contribution is -2.38. The van der Waals surface area contributed by atoms with Gasteiger partial charge in [0.1, 0.15) is 11.6 Å². The molecule has 0 fully saturated rings. The quantitative estimate of drug-likeness (QED) is 0.497. The van der Waals surface area contributed by atoms with E-state index in [1.165, 1.54) is 4.90 Å². The number of halogens is 1. The van der Waals surface area contributed by atoms with E-state index in [1.807, 2.05) is 49.4 Å². The van der Waals surface area contributed by atoms with Crippen molar-refractivity contribution in [1.29, 1.82) is 0 Å². The number of rotatable bonds is 8. The number of ether oxygens (including phenoxy) is 1. The minimum atomic E-state index is -0.291. The van der Waals surface area contributed by atoms with Gasteiger partial charge in [-0.25, -0.2) is 4.68 Å². The van der Waals surface area contributed by atoms with E-state index in [2.05, 4.69) is 26.1 Å². The third-order valence-electron chi connectivity index (χ3n) is 5.40. The van der Waals surface area contributed by atoms with E-state index in [4.69, 9.17) is 21.4 Å². The number of nitrogens with one attached hydrogen (secondary N) is 1. The minimum Gasteiger partial charge on any atom is -0.497 e. The summed E-state index contributed by atoms with van der Waals surface area (Å²) >= 11 is 6.03. The number of methoxy groups -OCH3 is 1. The Labute approximate surface area is 205 Å². The maximum Gasteiger partial charge on any atom is 0.245 e. The molecule has 3 rings (SSSR count). The Balaban J connectivity index is 1.74. The Morgan fingerprint density at radius 2 is 1.74 bits per heavy atom. The van der Waals surface area contributed by atoms with Crippen LogP contribution in [0.5, 0.6) is 5.75 Å². The van der Waals surface area contributed by atoms with Crippen molar-refractivity contribution in [2.75, 3.05) is 25.5 Å². The zero-order valence-corrected chi connectivity index (χ0v) is 21.0. The second-order valence-corrected chi connectivity index (χ2v) is 9.47. The first-order chi connectivity index (χ1) is 16.1. The van der Waals surface area contributed by atoms with Crippen molar-refractivity contribution < 1.29 is 14.3 Å². The molecule has 8 heteroatoms. The molecule has 0 bridgehead atoms. The van der Waals surface area contributed by atoms with Crippen molar-refractivity contribution in [2.24, 2.45) is 0 Å². The van der Waals surface area contributed by atoms with Gasteiger partial charge in [-0.05, 0) is 48.9 Å². The third-order valence-corrected chi connectivity index (χ3v) is 5.65. The number of amides is 2. The Morgan fingerprint density at radius 1 is 1.09 bits per heavy atom. The maximum absolute atomic E-state index is 12.9. The minimum absolute atomic E-state index is 0.0534. The van der Waals surface area contributed by atoms with E-state index in [0.29, 0.717) is 17.4 Å². The van der Waals surface area contributed by atoms with Crippen LogP contribution < -0.4 is 10.1 Å². The Hall–Kier alpha value is -3.32. The predicted octanol–water partition coefficient (Wildman–Crippen LogP) is 4.86. The largest absolute Gasteiger partial charge is 0.497 e. The number of likely N-dealkylation sites (N-methyl/N-ethyl adjacent to an activating group) is 1. The van der Waals surface area contributed by atoms with Gasteiger partial charge in [-0.15, -0.1) is 0 Å². The van der Waals surface area contributed by atoms with Crippen molar-refractivity contribution in [2.45, 2.75) is 39.5 Å². The van der Waals surface area contributed by atoms with Crippen LogP contribution in [-0.4, -0.2) is 46.7 Å². The molecule has 0 radical (unpaired) electrons. The Morgan fingerprint density at radius 3 is 2.29 bits per heavy atom. The Bertz CT molecular complexity index is 1130. The van der Waals surface area contributed by atoms with Crippen molar-refractivity contribution in [1.82, 2.24) is 14.7 Å². The molecule has 34 heavy (non-hydrogen) atoms. The van der Waals surface area contributed by atoms with Gasteiger partial charge in [-0.1, -0.05) is 44.5 Å². The highest BCUT2D eigenvalue weighted by Crippen LogP contribution is 2.27. The molecule has 1 N–H and O–H groups in total. The molecule has 0 atom stereocenters. The molecule has 0 aliphatic carbocycles. The second kappa shape index (κ2) is 10.7. The highest BCUT2D eigenvalue weighted by molar-refractivity contribution is 6.30. The molecule has 1 heterocycles. The van der Waals surface area contributed by atoms with Crippen LogP contribution in [0, 0.1) is 0 Å². The average molecular weight is 483 g/mol. The number of hydrogen-bond donors (Lipinski definition) is 1. The zero-order chi connectivity index (χ0) is 24.9. The number of carbonyl (C=O) groups excluding carboxylic acids is 2. The van der Waals surface area contributed by atoms with Gasteiger partial charge in [0.25, 0.3) is 0 Å². The normalized spacial score (nSPS) is 11.2. The molecule has 180 valence electrons. The van der Waals surface area contributed by atoms with Gasteiger partial charge in [0.05, 0.1) is 31.5 Å². The molecular formula is C26H31ClN4O3. The fourth-order valence-electron chi connectivity index (χ4n) is 3.38. The summed E-state index contributed by atoms with van der Waals surface area (Å²) in [6.45, 7) is 8.40. The molecular weight excluding hydrogens is 452 g/mol. The van der Waals surface area contributed by atoms with Crippen LogP contribution in [0.4, 0.5) is 5.82 Å². The molecule has 0 saturated carbocycles. The van der Waals surface area contributed by atoms with Gasteiger partial charge in [-0.2, -0.15) is 5.10 Å². The van der Waals surface area contributed by atoms with Crippen LogP contribution in [0.25, 0.3) is 5.69 Å². The van der Waals surface area contributed by atoms with Crippen LogP contribution in [0.15, 0.2) is 54.6 Å². The molecule has 7 nitrogen and oxygen atoms in total. The highest BCUT2D eigenvalue weighted by atomic mass is 35.5. The highest BCUT2D eigenvalue weighted by Gasteiger charge is 2.23. The van der Waals surface area contributed by atoms with Crippen LogP contribution in [0.2, 0.25) is 5.02 Å². The van der Waals surface area contributed by atoms with E-state index in [9.17, 15) is 9.59 Å². The molecule has 3 aromatic rings. The summed E-state index contributed by atoms with van der Waals surface area (Å²) in [5.41, 5.74) is 2.26. The van der Waals surface area contributed by atoms with E-state index >= 15 is 0 Å². The van der Waals surface area contributed by atoms with E-state index < -0.39 is 0 Å². The van der Waals surface area contributed by atoms with Crippen LogP contribution in [0.3, 0.4) is 0 Å². The molecule has 0 unspecified atom stereocenters. The third kappa shape index (κ3) is 6.38. The number of nitrogens with zero attached hydrogens (tertiary/aromatic N) is 3. The smallest absolute Gasteiger partial charge is 0.245 e. The summed E-state index contributed by atoms with van der Waals surface area (Å²) in [5.74, 6) is 0.857. The van der Waals surface area contributed by atoms with Crippen LogP contribution in [-0.2, 0) is 21.4 Å². The molecule has 1 aromatic heterocycles. The van der Waals surface area contributed by atoms with Crippen LogP contribution in [0.1, 0.15) is 39.0 Å². The van der Waals surface area contributed by atoms with Gasteiger partial charge in [0, 0.05) is 23.0 Å². The summed E-state index contributed by atoms with van der Waals surface area (Å²) < 4.78 is 6.84. The number of hydrogen-bond acceptors (Lipinski definition) is 4. The monoisotopic (exact) mass is 482 g/mol. The first-order valence-corrected chi connectivity index (χ1v) is 11.6. The van der Waals surface area contributed by atoms with Gasteiger partial charge in [0.15, 0.2) is 0 Å². The maximum atomic E-state index is 12.9. The van der Waals surface area contributed by atoms with Gasteiger partial charge >= 0.3 is 0 Å². The summed E-state index contributed by atoms with van der Waals surface area (Å²) in [5, 5.41) is 8.26. The molecule has 0 spiro atoms. The SMILES string of the molecule is CCN(CC(=O)Nc1cc(C(C)(C)C)nn1-c1ccc(Cl)cc1)C(=O)Cc1ccc(OC)cc1. The van der Waals surface area contributed by atoms with Crippen molar-refractivity contribution in [3.8, 4) is 11.4 Å². The lowest BCUT2D eigenvalue weighted by atomic mass is 9.92. The standard InChI is InChI=1S/C26H31ClN4O3/c1-6-30(25(33)15-18-7-13-21(34-5)14-8-18)17-24(32)28-23-16-22(26(2,3)4)29-31(23)20-11-9-19(27)10-12-20/h7-14,16H,6,15,17H2,1-5H3,(H,28,32).